The largest absolute Gasteiger partial charge is 0.497 e. The monoisotopic (exact) mass is 346 g/mol. The number of ether oxygens (including phenoxy) is 1. The molecule has 3 rings (SSSR count). The fourth-order valence-corrected chi connectivity index (χ4v) is 3.22. The average molecular weight is 346 g/mol. The number of hydrogen-bond donors (Lipinski definition) is 2. The summed E-state index contributed by atoms with van der Waals surface area (Å²) in [4.78, 5) is 29.4. The van der Waals surface area contributed by atoms with Gasteiger partial charge in [-0.05, 0) is 25.0 Å². The van der Waals surface area contributed by atoms with Crippen molar-refractivity contribution < 1.29 is 14.6 Å². The van der Waals surface area contributed by atoms with Crippen LogP contribution in [0.4, 0.5) is 4.79 Å². The third kappa shape index (κ3) is 4.08. The van der Waals surface area contributed by atoms with E-state index in [0.717, 1.165) is 43.5 Å². The molecule has 8 heteroatoms. The van der Waals surface area contributed by atoms with Crippen LogP contribution in [-0.2, 0) is 6.54 Å². The second-order valence-electron chi connectivity index (χ2n) is 6.17. The van der Waals surface area contributed by atoms with Gasteiger partial charge in [0.2, 0.25) is 0 Å². The summed E-state index contributed by atoms with van der Waals surface area (Å²) < 4.78 is 6.96. The Kier molecular flexibility index (Phi) is 5.18. The molecular weight excluding hydrogens is 324 g/mol. The molecule has 0 radical (unpaired) electrons. The molecule has 2 heterocycles. The quantitative estimate of drug-likeness (QED) is 0.843. The fourth-order valence-electron chi connectivity index (χ4n) is 3.22. The van der Waals surface area contributed by atoms with Gasteiger partial charge < -0.3 is 24.6 Å². The summed E-state index contributed by atoms with van der Waals surface area (Å²) in [5.74, 6) is 0.689. The van der Waals surface area contributed by atoms with Crippen LogP contribution in [0.25, 0.3) is 11.0 Å². The molecule has 2 N–H and O–H groups in total. The number of nitrogens with zero attached hydrogens (tertiary/aromatic N) is 3. The van der Waals surface area contributed by atoms with Gasteiger partial charge in [-0.3, -0.25) is 4.79 Å². The van der Waals surface area contributed by atoms with Gasteiger partial charge in [0.05, 0.1) is 24.3 Å². The Morgan fingerprint density at radius 2 is 2.12 bits per heavy atom. The van der Waals surface area contributed by atoms with Gasteiger partial charge in [0.25, 0.3) is 5.56 Å². The van der Waals surface area contributed by atoms with E-state index in [1.54, 1.807) is 11.7 Å². The molecule has 1 saturated heterocycles. The van der Waals surface area contributed by atoms with Crippen LogP contribution in [0.15, 0.2) is 29.2 Å². The lowest BCUT2D eigenvalue weighted by atomic mass is 10.1. The van der Waals surface area contributed by atoms with E-state index in [9.17, 15) is 9.59 Å². The number of nitrogens with one attached hydrogen (secondary N) is 1. The summed E-state index contributed by atoms with van der Waals surface area (Å²) in [5, 5.41) is 11.3. The average Bonchev–Trinajstić information content (AvgIpc) is 2.61. The van der Waals surface area contributed by atoms with Gasteiger partial charge in [-0.1, -0.05) is 0 Å². The molecule has 1 aliphatic rings. The Labute approximate surface area is 145 Å². The zero-order chi connectivity index (χ0) is 17.8. The van der Waals surface area contributed by atoms with Gasteiger partial charge in [0, 0.05) is 38.3 Å². The second kappa shape index (κ2) is 7.52. The summed E-state index contributed by atoms with van der Waals surface area (Å²) in [6.45, 7) is 2.91. The van der Waals surface area contributed by atoms with Crippen LogP contribution in [0.1, 0.15) is 12.8 Å². The van der Waals surface area contributed by atoms with Gasteiger partial charge in [-0.15, -0.1) is 0 Å². The number of piperidine rings is 1. The summed E-state index contributed by atoms with van der Waals surface area (Å²) in [6.07, 6.45) is 1.94. The molecule has 0 bridgehead atoms. The van der Waals surface area contributed by atoms with Gasteiger partial charge in [-0.2, -0.15) is 0 Å². The van der Waals surface area contributed by atoms with Gasteiger partial charge in [0.15, 0.2) is 0 Å². The zero-order valence-electron chi connectivity index (χ0n) is 14.1. The van der Waals surface area contributed by atoms with Crippen molar-refractivity contribution in [1.29, 1.82) is 0 Å². The first kappa shape index (κ1) is 17.2. The predicted molar refractivity (Wildman–Crippen MR) is 93.2 cm³/mol. The normalized spacial score (nSPS) is 16.0. The predicted octanol–water partition coefficient (Wildman–Crippen LogP) is 1.14. The molecule has 1 aromatic heterocycles. The second-order valence-corrected chi connectivity index (χ2v) is 6.17. The lowest BCUT2D eigenvalue weighted by molar-refractivity contribution is 0.166. The fraction of sp³-hybridized carbons (Fsp3) is 0.471. The van der Waals surface area contributed by atoms with E-state index in [4.69, 9.17) is 9.84 Å². The highest BCUT2D eigenvalue weighted by Gasteiger charge is 2.20. The Morgan fingerprint density at radius 1 is 1.36 bits per heavy atom. The first-order valence-electron chi connectivity index (χ1n) is 8.32. The van der Waals surface area contributed by atoms with Crippen LogP contribution in [0.2, 0.25) is 0 Å². The molecule has 1 aromatic carbocycles. The number of rotatable bonds is 5. The maximum atomic E-state index is 12.2. The van der Waals surface area contributed by atoms with E-state index < -0.39 is 6.09 Å². The Morgan fingerprint density at radius 3 is 2.80 bits per heavy atom. The highest BCUT2D eigenvalue weighted by Crippen LogP contribution is 2.18. The number of methoxy groups -OCH3 is 1. The zero-order valence-corrected chi connectivity index (χ0v) is 14.1. The smallest absolute Gasteiger partial charge is 0.404 e. The third-order valence-electron chi connectivity index (χ3n) is 4.61. The van der Waals surface area contributed by atoms with Crippen molar-refractivity contribution in [1.82, 2.24) is 19.8 Å². The standard InChI is InChI=1S/C17H22N4O4/c1-25-13-2-3-14-15(10-13)21(16(22)11-18-14)9-8-20-6-4-12(5-7-20)19-17(23)24/h2-3,10-12,19H,4-9H2,1H3,(H,23,24). The molecule has 0 unspecified atom stereocenters. The molecule has 25 heavy (non-hydrogen) atoms. The highest BCUT2D eigenvalue weighted by atomic mass is 16.5. The molecule has 0 spiro atoms. The van der Waals surface area contributed by atoms with Crippen LogP contribution in [0.5, 0.6) is 5.75 Å². The number of likely N-dealkylation sites (tertiary alicyclic amines) is 1. The molecule has 2 aromatic rings. The van der Waals surface area contributed by atoms with Crippen molar-refractivity contribution in [3.63, 3.8) is 0 Å². The van der Waals surface area contributed by atoms with E-state index in [0.29, 0.717) is 12.3 Å². The van der Waals surface area contributed by atoms with E-state index in [1.807, 2.05) is 18.2 Å². The SMILES string of the molecule is COc1ccc2ncc(=O)n(CCN3CCC(NC(=O)O)CC3)c2c1. The number of carbonyl (C=O) groups is 1. The summed E-state index contributed by atoms with van der Waals surface area (Å²) >= 11 is 0. The van der Waals surface area contributed by atoms with E-state index in [-0.39, 0.29) is 11.6 Å². The van der Waals surface area contributed by atoms with Gasteiger partial charge in [-0.25, -0.2) is 9.78 Å². The first-order valence-corrected chi connectivity index (χ1v) is 8.32. The van der Waals surface area contributed by atoms with Crippen LogP contribution in [-0.4, -0.2) is 58.4 Å². The maximum Gasteiger partial charge on any atom is 0.404 e. The number of benzene rings is 1. The molecule has 134 valence electrons. The number of amides is 1. The lowest BCUT2D eigenvalue weighted by Crippen LogP contribution is -2.45. The summed E-state index contributed by atoms with van der Waals surface area (Å²) in [6, 6.07) is 5.51. The molecule has 8 nitrogen and oxygen atoms in total. The molecule has 0 aliphatic carbocycles. The summed E-state index contributed by atoms with van der Waals surface area (Å²) in [7, 11) is 1.59. The van der Waals surface area contributed by atoms with Crippen molar-refractivity contribution in [2.75, 3.05) is 26.7 Å². The molecule has 0 atom stereocenters. The molecule has 1 amide bonds. The number of fused-ring (bicyclic) bond motifs is 1. The van der Waals surface area contributed by atoms with Gasteiger partial charge in [0.1, 0.15) is 5.75 Å². The van der Waals surface area contributed by atoms with Gasteiger partial charge >= 0.3 is 6.09 Å². The minimum atomic E-state index is -0.970. The molecule has 0 saturated carbocycles. The summed E-state index contributed by atoms with van der Waals surface area (Å²) in [5.41, 5.74) is 1.38. The number of aromatic nitrogens is 2. The van der Waals surface area contributed by atoms with Crippen LogP contribution in [0.3, 0.4) is 0 Å². The van der Waals surface area contributed by atoms with Crippen molar-refractivity contribution in [3.8, 4) is 5.75 Å². The third-order valence-corrected chi connectivity index (χ3v) is 4.61. The number of hydrogen-bond acceptors (Lipinski definition) is 5. The lowest BCUT2D eigenvalue weighted by Gasteiger charge is -2.31. The van der Waals surface area contributed by atoms with E-state index in [1.165, 1.54) is 6.20 Å². The van der Waals surface area contributed by atoms with Crippen LogP contribution >= 0.6 is 0 Å². The minimum absolute atomic E-state index is 0.0162. The Hall–Kier alpha value is -2.61. The molecule has 1 aliphatic heterocycles. The van der Waals surface area contributed by atoms with E-state index >= 15 is 0 Å². The van der Waals surface area contributed by atoms with Crippen LogP contribution < -0.4 is 15.6 Å². The van der Waals surface area contributed by atoms with Crippen molar-refractivity contribution in [3.05, 3.63) is 34.7 Å². The molecular formula is C17H22N4O4. The highest BCUT2D eigenvalue weighted by molar-refractivity contribution is 5.76. The Balaban J connectivity index is 1.68. The van der Waals surface area contributed by atoms with Crippen molar-refractivity contribution >= 4 is 17.1 Å². The maximum absolute atomic E-state index is 12.2. The Bertz CT molecular complexity index is 812. The molecule has 1 fully saturated rings. The first-order chi connectivity index (χ1) is 12.1. The van der Waals surface area contributed by atoms with Crippen LogP contribution in [0, 0.1) is 0 Å². The van der Waals surface area contributed by atoms with E-state index in [2.05, 4.69) is 15.2 Å². The number of carboxylic acid groups (broad SMARTS) is 1. The topological polar surface area (TPSA) is 96.7 Å². The minimum Gasteiger partial charge on any atom is -0.497 e. The van der Waals surface area contributed by atoms with Crippen molar-refractivity contribution in [2.24, 2.45) is 0 Å². The van der Waals surface area contributed by atoms with Crippen molar-refractivity contribution in [2.45, 2.75) is 25.4 Å².